The Balaban J connectivity index is 1.73. The molecule has 1 aliphatic heterocycles. The zero-order valence-electron chi connectivity index (χ0n) is 15.4. The normalized spacial score (nSPS) is 16.7. The molecular weight excluding hydrogens is 326 g/mol. The van der Waals surface area contributed by atoms with Gasteiger partial charge in [0.2, 0.25) is 5.91 Å². The fourth-order valence-electron chi connectivity index (χ4n) is 3.86. The molecule has 0 bridgehead atoms. The van der Waals surface area contributed by atoms with E-state index < -0.39 is 5.97 Å². The predicted octanol–water partition coefficient (Wildman–Crippen LogP) is 4.30. The first-order valence-corrected chi connectivity index (χ1v) is 9.16. The van der Waals surface area contributed by atoms with Crippen LogP contribution in [-0.2, 0) is 11.2 Å². The molecular formula is C22H25NO3. The van der Waals surface area contributed by atoms with E-state index in [9.17, 15) is 14.7 Å². The van der Waals surface area contributed by atoms with Crippen molar-refractivity contribution in [3.05, 3.63) is 70.3 Å². The maximum Gasteiger partial charge on any atom is 0.335 e. The van der Waals surface area contributed by atoms with E-state index in [1.54, 1.807) is 18.2 Å². The van der Waals surface area contributed by atoms with E-state index in [1.807, 2.05) is 11.0 Å². The molecule has 136 valence electrons. The summed E-state index contributed by atoms with van der Waals surface area (Å²) in [5.41, 5.74) is 4.75. The summed E-state index contributed by atoms with van der Waals surface area (Å²) in [6.45, 7) is 5.00. The van der Waals surface area contributed by atoms with Crippen LogP contribution in [0.2, 0.25) is 0 Å². The first kappa shape index (κ1) is 18.2. The van der Waals surface area contributed by atoms with E-state index in [0.717, 1.165) is 24.9 Å². The summed E-state index contributed by atoms with van der Waals surface area (Å²) < 4.78 is 0. The average Bonchev–Trinajstić information content (AvgIpc) is 3.11. The first-order valence-electron chi connectivity index (χ1n) is 9.16. The molecule has 0 aromatic heterocycles. The largest absolute Gasteiger partial charge is 0.478 e. The Hall–Kier alpha value is -2.62. The second-order valence-corrected chi connectivity index (χ2v) is 7.00. The van der Waals surface area contributed by atoms with E-state index in [0.29, 0.717) is 12.8 Å². The molecule has 1 unspecified atom stereocenters. The summed E-state index contributed by atoms with van der Waals surface area (Å²) in [5.74, 6) is -0.837. The van der Waals surface area contributed by atoms with Gasteiger partial charge in [-0.15, -0.1) is 0 Å². The number of amides is 1. The van der Waals surface area contributed by atoms with Gasteiger partial charge in [0, 0.05) is 13.0 Å². The molecule has 1 heterocycles. The minimum absolute atomic E-state index is 0.105. The number of hydrogen-bond donors (Lipinski definition) is 1. The number of aryl methyl sites for hydroxylation is 2. The number of hydrogen-bond acceptors (Lipinski definition) is 2. The summed E-state index contributed by atoms with van der Waals surface area (Å²) >= 11 is 0. The molecule has 1 fully saturated rings. The summed E-state index contributed by atoms with van der Waals surface area (Å²) in [5, 5.41) is 9.29. The third-order valence-corrected chi connectivity index (χ3v) is 5.43. The van der Waals surface area contributed by atoms with Gasteiger partial charge in [0.25, 0.3) is 0 Å². The minimum Gasteiger partial charge on any atom is -0.478 e. The highest BCUT2D eigenvalue weighted by Crippen LogP contribution is 2.35. The molecule has 0 saturated carbocycles. The fraction of sp³-hybridized carbons (Fsp3) is 0.364. The number of likely N-dealkylation sites (tertiary alicyclic amines) is 1. The molecule has 0 aliphatic carbocycles. The van der Waals surface area contributed by atoms with Gasteiger partial charge in [-0.3, -0.25) is 4.79 Å². The first-order chi connectivity index (χ1) is 12.5. The lowest BCUT2D eigenvalue weighted by Crippen LogP contribution is -2.31. The molecule has 1 saturated heterocycles. The van der Waals surface area contributed by atoms with Crippen molar-refractivity contribution in [1.82, 2.24) is 4.90 Å². The number of aromatic carboxylic acids is 1. The molecule has 0 radical (unpaired) electrons. The van der Waals surface area contributed by atoms with E-state index >= 15 is 0 Å². The number of benzene rings is 2. The van der Waals surface area contributed by atoms with Crippen molar-refractivity contribution in [3.63, 3.8) is 0 Å². The van der Waals surface area contributed by atoms with Crippen molar-refractivity contribution in [3.8, 4) is 0 Å². The summed E-state index contributed by atoms with van der Waals surface area (Å²) in [6, 6.07) is 13.3. The second kappa shape index (κ2) is 7.73. The number of carbonyl (C=O) groups is 2. The van der Waals surface area contributed by atoms with Gasteiger partial charge in [0.05, 0.1) is 11.6 Å². The number of carboxylic acids is 1. The van der Waals surface area contributed by atoms with Gasteiger partial charge < -0.3 is 10.0 Å². The SMILES string of the molecule is Cc1cccc(C2CCCN2C(=O)CCc2ccccc2C(=O)O)c1C. The Bertz CT molecular complexity index is 828. The Morgan fingerprint density at radius 3 is 2.65 bits per heavy atom. The number of nitrogens with zero attached hydrogens (tertiary/aromatic N) is 1. The Labute approximate surface area is 154 Å². The van der Waals surface area contributed by atoms with Crippen LogP contribution in [0.5, 0.6) is 0 Å². The van der Waals surface area contributed by atoms with Crippen molar-refractivity contribution in [2.24, 2.45) is 0 Å². The number of carbonyl (C=O) groups excluding carboxylic acids is 1. The molecule has 26 heavy (non-hydrogen) atoms. The Morgan fingerprint density at radius 2 is 1.88 bits per heavy atom. The van der Waals surface area contributed by atoms with Crippen molar-refractivity contribution >= 4 is 11.9 Å². The van der Waals surface area contributed by atoms with Crippen LogP contribution < -0.4 is 0 Å². The monoisotopic (exact) mass is 351 g/mol. The van der Waals surface area contributed by atoms with Gasteiger partial charge in [-0.2, -0.15) is 0 Å². The van der Waals surface area contributed by atoms with Crippen molar-refractivity contribution < 1.29 is 14.7 Å². The fourth-order valence-corrected chi connectivity index (χ4v) is 3.86. The van der Waals surface area contributed by atoms with Gasteiger partial charge in [-0.1, -0.05) is 36.4 Å². The molecule has 4 nitrogen and oxygen atoms in total. The molecule has 1 atom stereocenters. The van der Waals surface area contributed by atoms with Crippen LogP contribution in [0, 0.1) is 13.8 Å². The van der Waals surface area contributed by atoms with Crippen LogP contribution in [0.25, 0.3) is 0 Å². The summed E-state index contributed by atoms with van der Waals surface area (Å²) in [7, 11) is 0. The smallest absolute Gasteiger partial charge is 0.335 e. The third-order valence-electron chi connectivity index (χ3n) is 5.43. The Kier molecular flexibility index (Phi) is 5.40. The average molecular weight is 351 g/mol. The standard InChI is InChI=1S/C22H25NO3/c1-15-7-5-10-18(16(15)2)20-11-6-14-23(20)21(24)13-12-17-8-3-4-9-19(17)22(25)26/h3-5,7-10,20H,6,11-14H2,1-2H3,(H,25,26). The minimum atomic E-state index is -0.942. The highest BCUT2D eigenvalue weighted by atomic mass is 16.4. The van der Waals surface area contributed by atoms with Crippen LogP contribution in [-0.4, -0.2) is 28.4 Å². The summed E-state index contributed by atoms with van der Waals surface area (Å²) in [6.07, 6.45) is 2.79. The highest BCUT2D eigenvalue weighted by Gasteiger charge is 2.30. The van der Waals surface area contributed by atoms with E-state index in [4.69, 9.17) is 0 Å². The lowest BCUT2D eigenvalue weighted by Gasteiger charge is -2.27. The Morgan fingerprint density at radius 1 is 1.12 bits per heavy atom. The number of carboxylic acid groups (broad SMARTS) is 1. The third kappa shape index (κ3) is 3.64. The van der Waals surface area contributed by atoms with Gasteiger partial charge in [-0.25, -0.2) is 4.79 Å². The lowest BCUT2D eigenvalue weighted by molar-refractivity contribution is -0.132. The zero-order chi connectivity index (χ0) is 18.7. The molecule has 1 amide bonds. The van der Waals surface area contributed by atoms with Crippen LogP contribution in [0.3, 0.4) is 0 Å². The topological polar surface area (TPSA) is 57.6 Å². The zero-order valence-corrected chi connectivity index (χ0v) is 15.4. The molecule has 2 aromatic rings. The van der Waals surface area contributed by atoms with Crippen LogP contribution in [0.1, 0.15) is 57.9 Å². The molecule has 0 spiro atoms. The predicted molar refractivity (Wildman–Crippen MR) is 101 cm³/mol. The van der Waals surface area contributed by atoms with Crippen LogP contribution >= 0.6 is 0 Å². The highest BCUT2D eigenvalue weighted by molar-refractivity contribution is 5.89. The van der Waals surface area contributed by atoms with Crippen LogP contribution in [0.4, 0.5) is 0 Å². The van der Waals surface area contributed by atoms with Crippen LogP contribution in [0.15, 0.2) is 42.5 Å². The van der Waals surface area contributed by atoms with Gasteiger partial charge in [0.1, 0.15) is 0 Å². The van der Waals surface area contributed by atoms with E-state index in [-0.39, 0.29) is 17.5 Å². The second-order valence-electron chi connectivity index (χ2n) is 7.00. The lowest BCUT2D eigenvalue weighted by atomic mass is 9.95. The van der Waals surface area contributed by atoms with Gasteiger partial charge in [0.15, 0.2) is 0 Å². The van der Waals surface area contributed by atoms with Gasteiger partial charge in [-0.05, 0) is 61.4 Å². The van der Waals surface area contributed by atoms with E-state index in [1.165, 1.54) is 16.7 Å². The van der Waals surface area contributed by atoms with Gasteiger partial charge >= 0.3 is 5.97 Å². The quantitative estimate of drug-likeness (QED) is 0.874. The van der Waals surface area contributed by atoms with Crippen molar-refractivity contribution in [2.75, 3.05) is 6.54 Å². The summed E-state index contributed by atoms with van der Waals surface area (Å²) in [4.78, 5) is 26.2. The molecule has 1 aliphatic rings. The maximum atomic E-state index is 12.9. The number of rotatable bonds is 5. The van der Waals surface area contributed by atoms with Crippen molar-refractivity contribution in [2.45, 2.75) is 45.6 Å². The molecule has 2 aromatic carbocycles. The molecule has 3 rings (SSSR count). The van der Waals surface area contributed by atoms with Crippen molar-refractivity contribution in [1.29, 1.82) is 0 Å². The molecule has 4 heteroatoms. The van der Waals surface area contributed by atoms with E-state index in [2.05, 4.69) is 32.0 Å². The molecule has 1 N–H and O–H groups in total. The maximum absolute atomic E-state index is 12.9.